The third-order valence-corrected chi connectivity index (χ3v) is 5.77. The van der Waals surface area contributed by atoms with Crippen LogP contribution in [-0.2, 0) is 9.47 Å². The second kappa shape index (κ2) is 6.73. The van der Waals surface area contributed by atoms with Crippen LogP contribution in [0.3, 0.4) is 0 Å². The van der Waals surface area contributed by atoms with Crippen LogP contribution in [0.25, 0.3) is 10.9 Å². The highest BCUT2D eigenvalue weighted by Gasteiger charge is 2.48. The van der Waals surface area contributed by atoms with Crippen molar-refractivity contribution in [2.24, 2.45) is 11.3 Å². The number of benzene rings is 1. The molecule has 2 saturated heterocycles. The fourth-order valence-corrected chi connectivity index (χ4v) is 4.31. The standard InChI is InChI=1S/C20H24N2O3/c1-24-13-16-12-22(14-20(16)8-10-25-11-9-20)19(23)18-7-6-15-4-2-3-5-17(15)21-18/h2-7,16H,8-14H2,1H3. The number of amides is 1. The van der Waals surface area contributed by atoms with Crippen LogP contribution >= 0.6 is 0 Å². The van der Waals surface area contributed by atoms with Crippen molar-refractivity contribution in [3.05, 3.63) is 42.1 Å². The van der Waals surface area contributed by atoms with Crippen molar-refractivity contribution in [1.82, 2.24) is 9.88 Å². The second-order valence-corrected chi connectivity index (χ2v) is 7.20. The number of carbonyl (C=O) groups is 1. The van der Waals surface area contributed by atoms with Gasteiger partial charge >= 0.3 is 0 Å². The van der Waals surface area contributed by atoms with Gasteiger partial charge in [-0.3, -0.25) is 4.79 Å². The number of fused-ring (bicyclic) bond motifs is 1. The normalized spacial score (nSPS) is 22.6. The number of pyridine rings is 1. The Bertz CT molecular complexity index is 770. The Morgan fingerprint density at radius 1 is 1.28 bits per heavy atom. The molecule has 2 fully saturated rings. The molecule has 0 N–H and O–H groups in total. The van der Waals surface area contributed by atoms with Gasteiger partial charge in [0.2, 0.25) is 0 Å². The van der Waals surface area contributed by atoms with Crippen molar-refractivity contribution >= 4 is 16.8 Å². The highest BCUT2D eigenvalue weighted by Crippen LogP contribution is 2.44. The number of para-hydroxylation sites is 1. The van der Waals surface area contributed by atoms with Crippen LogP contribution in [0.2, 0.25) is 0 Å². The van der Waals surface area contributed by atoms with Crippen LogP contribution in [0, 0.1) is 11.3 Å². The van der Waals surface area contributed by atoms with Crippen molar-refractivity contribution in [2.75, 3.05) is 40.0 Å². The maximum Gasteiger partial charge on any atom is 0.272 e. The topological polar surface area (TPSA) is 51.7 Å². The summed E-state index contributed by atoms with van der Waals surface area (Å²) in [6, 6.07) is 11.7. The fraction of sp³-hybridized carbons (Fsp3) is 0.500. The Balaban J connectivity index is 1.58. The van der Waals surface area contributed by atoms with Crippen LogP contribution < -0.4 is 0 Å². The first-order valence-corrected chi connectivity index (χ1v) is 8.94. The summed E-state index contributed by atoms with van der Waals surface area (Å²) < 4.78 is 11.0. The van der Waals surface area contributed by atoms with E-state index in [1.165, 1.54) is 0 Å². The summed E-state index contributed by atoms with van der Waals surface area (Å²) in [5.74, 6) is 0.390. The molecule has 25 heavy (non-hydrogen) atoms. The van der Waals surface area contributed by atoms with E-state index in [2.05, 4.69) is 4.98 Å². The molecule has 1 aromatic heterocycles. The molecule has 5 nitrogen and oxygen atoms in total. The fourth-order valence-electron chi connectivity index (χ4n) is 4.31. The minimum atomic E-state index is 0.0234. The Kier molecular flexibility index (Phi) is 4.44. The van der Waals surface area contributed by atoms with Crippen LogP contribution in [0.15, 0.2) is 36.4 Å². The monoisotopic (exact) mass is 340 g/mol. The van der Waals surface area contributed by atoms with Gasteiger partial charge < -0.3 is 14.4 Å². The van der Waals surface area contributed by atoms with E-state index in [9.17, 15) is 4.79 Å². The first-order chi connectivity index (χ1) is 12.2. The molecule has 1 amide bonds. The lowest BCUT2D eigenvalue weighted by atomic mass is 9.72. The van der Waals surface area contributed by atoms with E-state index < -0.39 is 0 Å². The lowest BCUT2D eigenvalue weighted by molar-refractivity contribution is -0.0169. The van der Waals surface area contributed by atoms with E-state index in [1.54, 1.807) is 7.11 Å². The molecule has 1 spiro atoms. The smallest absolute Gasteiger partial charge is 0.272 e. The van der Waals surface area contributed by atoms with E-state index in [0.29, 0.717) is 18.2 Å². The second-order valence-electron chi connectivity index (χ2n) is 7.20. The number of methoxy groups -OCH3 is 1. The zero-order valence-corrected chi connectivity index (χ0v) is 14.6. The lowest BCUT2D eigenvalue weighted by Crippen LogP contribution is -2.39. The summed E-state index contributed by atoms with van der Waals surface area (Å²) in [6.45, 7) is 3.75. The molecule has 1 aromatic carbocycles. The highest BCUT2D eigenvalue weighted by atomic mass is 16.5. The van der Waals surface area contributed by atoms with Gasteiger partial charge in [0.15, 0.2) is 0 Å². The Morgan fingerprint density at radius 2 is 2.08 bits per heavy atom. The molecule has 0 radical (unpaired) electrons. The molecule has 1 atom stereocenters. The van der Waals surface area contributed by atoms with Crippen LogP contribution in [0.1, 0.15) is 23.3 Å². The Labute approximate surface area is 147 Å². The molecule has 0 saturated carbocycles. The van der Waals surface area contributed by atoms with E-state index >= 15 is 0 Å². The van der Waals surface area contributed by atoms with Crippen LogP contribution in [-0.4, -0.2) is 55.8 Å². The van der Waals surface area contributed by atoms with Crippen molar-refractivity contribution < 1.29 is 14.3 Å². The number of likely N-dealkylation sites (tertiary alicyclic amines) is 1. The van der Waals surface area contributed by atoms with Crippen molar-refractivity contribution in [1.29, 1.82) is 0 Å². The minimum Gasteiger partial charge on any atom is -0.384 e. The van der Waals surface area contributed by atoms with Gasteiger partial charge in [-0.25, -0.2) is 4.98 Å². The summed E-state index contributed by atoms with van der Waals surface area (Å²) in [5.41, 5.74) is 1.52. The van der Waals surface area contributed by atoms with Gasteiger partial charge in [-0.2, -0.15) is 0 Å². The van der Waals surface area contributed by atoms with Gasteiger partial charge in [-0.1, -0.05) is 24.3 Å². The summed E-state index contributed by atoms with van der Waals surface area (Å²) in [6.07, 6.45) is 1.99. The Morgan fingerprint density at radius 3 is 2.88 bits per heavy atom. The number of hydrogen-bond acceptors (Lipinski definition) is 4. The molecule has 1 unspecified atom stereocenters. The number of hydrogen-bond donors (Lipinski definition) is 0. The average molecular weight is 340 g/mol. The summed E-state index contributed by atoms with van der Waals surface area (Å²) in [5, 5.41) is 1.05. The lowest BCUT2D eigenvalue weighted by Gasteiger charge is -2.37. The van der Waals surface area contributed by atoms with Crippen molar-refractivity contribution in [3.63, 3.8) is 0 Å². The van der Waals surface area contributed by atoms with E-state index in [1.807, 2.05) is 41.3 Å². The van der Waals surface area contributed by atoms with E-state index in [0.717, 1.165) is 50.0 Å². The number of rotatable bonds is 3. The van der Waals surface area contributed by atoms with Gasteiger partial charge in [0.05, 0.1) is 12.1 Å². The number of aromatic nitrogens is 1. The maximum atomic E-state index is 13.1. The highest BCUT2D eigenvalue weighted by molar-refractivity contribution is 5.95. The molecule has 132 valence electrons. The largest absolute Gasteiger partial charge is 0.384 e. The summed E-state index contributed by atoms with van der Waals surface area (Å²) in [4.78, 5) is 19.6. The predicted octanol–water partition coefficient (Wildman–Crippen LogP) is 2.75. The van der Waals surface area contributed by atoms with Crippen molar-refractivity contribution in [3.8, 4) is 0 Å². The first-order valence-electron chi connectivity index (χ1n) is 8.94. The maximum absolute atomic E-state index is 13.1. The number of ether oxygens (including phenoxy) is 2. The number of nitrogens with zero attached hydrogens (tertiary/aromatic N) is 2. The first kappa shape index (κ1) is 16.5. The molecule has 4 rings (SSSR count). The third-order valence-electron chi connectivity index (χ3n) is 5.77. The molecule has 3 heterocycles. The molecule has 5 heteroatoms. The Hall–Kier alpha value is -1.98. The zero-order chi connectivity index (χ0) is 17.3. The molecular weight excluding hydrogens is 316 g/mol. The van der Waals surface area contributed by atoms with E-state index in [4.69, 9.17) is 9.47 Å². The predicted molar refractivity (Wildman–Crippen MR) is 95.5 cm³/mol. The molecule has 0 bridgehead atoms. The quantitative estimate of drug-likeness (QED) is 0.862. The van der Waals surface area contributed by atoms with Gasteiger partial charge in [0, 0.05) is 44.7 Å². The molecule has 2 aliphatic heterocycles. The van der Waals surface area contributed by atoms with Crippen LogP contribution in [0.4, 0.5) is 0 Å². The minimum absolute atomic E-state index is 0.0234. The molecular formula is C20H24N2O3. The average Bonchev–Trinajstić information content (AvgIpc) is 2.99. The molecule has 2 aliphatic rings. The zero-order valence-electron chi connectivity index (χ0n) is 14.6. The van der Waals surface area contributed by atoms with Gasteiger partial charge in [0.25, 0.3) is 5.91 Å². The van der Waals surface area contributed by atoms with Gasteiger partial charge in [0.1, 0.15) is 5.69 Å². The number of carbonyl (C=O) groups excluding carboxylic acids is 1. The summed E-state index contributed by atoms with van der Waals surface area (Å²) >= 11 is 0. The SMILES string of the molecule is COCC1CN(C(=O)c2ccc3ccccc3n2)CC12CCOCC2. The summed E-state index contributed by atoms with van der Waals surface area (Å²) in [7, 11) is 1.74. The van der Waals surface area contributed by atoms with Gasteiger partial charge in [-0.05, 0) is 30.4 Å². The molecule has 2 aromatic rings. The van der Waals surface area contributed by atoms with E-state index in [-0.39, 0.29) is 11.3 Å². The molecule has 0 aliphatic carbocycles. The van der Waals surface area contributed by atoms with Crippen molar-refractivity contribution in [2.45, 2.75) is 12.8 Å². The third kappa shape index (κ3) is 3.02. The van der Waals surface area contributed by atoms with Gasteiger partial charge in [-0.15, -0.1) is 0 Å². The van der Waals surface area contributed by atoms with Crippen LogP contribution in [0.5, 0.6) is 0 Å².